The SMILES string of the molecule is C=CC(=O)Nc1cc(Nc2nccc(-c3cn(C(F)(F)F)c4ccccc34)n2)c(OC)cc1N(C)CCN(C)C. The molecule has 0 saturated heterocycles. The van der Waals surface area contributed by atoms with Gasteiger partial charge < -0.3 is 25.2 Å². The van der Waals surface area contributed by atoms with Crippen LogP contribution < -0.4 is 20.3 Å². The second kappa shape index (κ2) is 11.7. The Morgan fingerprint density at radius 1 is 1.12 bits per heavy atom. The number of hydrogen-bond donors (Lipinski definition) is 2. The van der Waals surface area contributed by atoms with Crippen molar-refractivity contribution in [3.05, 3.63) is 67.5 Å². The predicted octanol–water partition coefficient (Wildman–Crippen LogP) is 5.45. The maximum atomic E-state index is 13.7. The average molecular weight is 554 g/mol. The molecule has 2 heterocycles. The largest absolute Gasteiger partial charge is 0.494 e. The minimum absolute atomic E-state index is 0.0244. The summed E-state index contributed by atoms with van der Waals surface area (Å²) in [7, 11) is 7.35. The van der Waals surface area contributed by atoms with Crippen LogP contribution in [0.15, 0.2) is 67.5 Å². The Labute approximate surface area is 229 Å². The molecular formula is C28H30F3N7O2. The van der Waals surface area contributed by atoms with Gasteiger partial charge in [-0.3, -0.25) is 9.36 Å². The van der Waals surface area contributed by atoms with E-state index in [2.05, 4.69) is 27.2 Å². The highest BCUT2D eigenvalue weighted by Gasteiger charge is 2.33. The zero-order valence-corrected chi connectivity index (χ0v) is 22.6. The monoisotopic (exact) mass is 553 g/mol. The Balaban J connectivity index is 1.74. The fourth-order valence-corrected chi connectivity index (χ4v) is 4.19. The molecule has 2 aromatic heterocycles. The van der Waals surface area contributed by atoms with Crippen LogP contribution in [0.5, 0.6) is 5.75 Å². The van der Waals surface area contributed by atoms with E-state index in [-0.39, 0.29) is 16.0 Å². The van der Waals surface area contributed by atoms with Crippen LogP contribution >= 0.6 is 0 Å². The van der Waals surface area contributed by atoms with Gasteiger partial charge in [0.2, 0.25) is 11.9 Å². The van der Waals surface area contributed by atoms with Gasteiger partial charge in [0.25, 0.3) is 0 Å². The van der Waals surface area contributed by atoms with E-state index in [0.717, 1.165) is 12.7 Å². The molecule has 0 fully saturated rings. The maximum absolute atomic E-state index is 13.7. The minimum atomic E-state index is -4.59. The average Bonchev–Trinajstić information content (AvgIpc) is 3.32. The first kappa shape index (κ1) is 28.4. The Kier molecular flexibility index (Phi) is 8.29. The van der Waals surface area contributed by atoms with E-state index in [0.29, 0.717) is 46.0 Å². The molecule has 0 aliphatic rings. The molecule has 4 aromatic rings. The van der Waals surface area contributed by atoms with Crippen molar-refractivity contribution in [3.8, 4) is 17.0 Å². The van der Waals surface area contributed by atoms with Gasteiger partial charge in [-0.25, -0.2) is 9.97 Å². The van der Waals surface area contributed by atoms with Crippen molar-refractivity contribution in [2.24, 2.45) is 0 Å². The summed E-state index contributed by atoms with van der Waals surface area (Å²) in [5, 5.41) is 6.31. The lowest BCUT2D eigenvalue weighted by atomic mass is 10.1. The van der Waals surface area contributed by atoms with Gasteiger partial charge in [-0.1, -0.05) is 24.8 Å². The first-order valence-corrected chi connectivity index (χ1v) is 12.3. The fraction of sp³-hybridized carbons (Fsp3) is 0.250. The van der Waals surface area contributed by atoms with Gasteiger partial charge in [0.05, 0.1) is 35.4 Å². The molecule has 0 unspecified atom stereocenters. The van der Waals surface area contributed by atoms with E-state index in [1.165, 1.54) is 25.4 Å². The fourth-order valence-electron chi connectivity index (χ4n) is 4.19. The van der Waals surface area contributed by atoms with Gasteiger partial charge in [-0.15, -0.1) is 13.2 Å². The maximum Gasteiger partial charge on any atom is 0.488 e. The van der Waals surface area contributed by atoms with Gasteiger partial charge in [0.15, 0.2) is 0 Å². The molecule has 210 valence electrons. The number of carbonyl (C=O) groups excluding carboxylic acids is 1. The highest BCUT2D eigenvalue weighted by atomic mass is 19.4. The number of ether oxygens (including phenoxy) is 1. The van der Waals surface area contributed by atoms with E-state index in [9.17, 15) is 18.0 Å². The Bertz CT molecular complexity index is 1530. The molecule has 4 rings (SSSR count). The van der Waals surface area contributed by atoms with E-state index >= 15 is 0 Å². The van der Waals surface area contributed by atoms with Crippen molar-refractivity contribution in [3.63, 3.8) is 0 Å². The molecule has 9 nitrogen and oxygen atoms in total. The lowest BCUT2D eigenvalue weighted by Crippen LogP contribution is -2.29. The summed E-state index contributed by atoms with van der Waals surface area (Å²) in [6.45, 7) is 4.98. The van der Waals surface area contributed by atoms with Crippen LogP contribution in [0.25, 0.3) is 22.2 Å². The highest BCUT2D eigenvalue weighted by molar-refractivity contribution is 6.02. The molecule has 2 aromatic carbocycles. The van der Waals surface area contributed by atoms with Crippen LogP contribution in [0.4, 0.5) is 36.2 Å². The summed E-state index contributed by atoms with van der Waals surface area (Å²) in [6.07, 6.45) is -0.933. The van der Waals surface area contributed by atoms with E-state index in [1.54, 1.807) is 36.4 Å². The molecule has 0 atom stereocenters. The number of hydrogen-bond acceptors (Lipinski definition) is 7. The van der Waals surface area contributed by atoms with Crippen LogP contribution in [-0.2, 0) is 11.1 Å². The number of rotatable bonds is 10. The number of anilines is 4. The van der Waals surface area contributed by atoms with Gasteiger partial charge >= 0.3 is 6.30 Å². The Morgan fingerprint density at radius 2 is 1.88 bits per heavy atom. The third-order valence-corrected chi connectivity index (χ3v) is 6.22. The van der Waals surface area contributed by atoms with E-state index in [4.69, 9.17) is 4.74 Å². The summed E-state index contributed by atoms with van der Waals surface area (Å²) in [4.78, 5) is 25.0. The smallest absolute Gasteiger partial charge is 0.488 e. The van der Waals surface area contributed by atoms with Crippen LogP contribution in [0, 0.1) is 0 Å². The van der Waals surface area contributed by atoms with Crippen molar-refractivity contribution >= 4 is 39.8 Å². The lowest BCUT2D eigenvalue weighted by molar-refractivity contribution is -0.200. The van der Waals surface area contributed by atoms with Crippen LogP contribution in [0.3, 0.4) is 0 Å². The molecule has 0 aliphatic carbocycles. The zero-order chi connectivity index (χ0) is 29.0. The number of nitrogens with zero attached hydrogens (tertiary/aromatic N) is 5. The third kappa shape index (κ3) is 6.18. The normalized spacial score (nSPS) is 11.5. The number of nitrogens with one attached hydrogen (secondary N) is 2. The number of carbonyl (C=O) groups is 1. The molecule has 1 amide bonds. The van der Waals surface area contributed by atoms with Crippen molar-refractivity contribution in [1.29, 1.82) is 0 Å². The number of halogens is 3. The van der Waals surface area contributed by atoms with Gasteiger partial charge in [0.1, 0.15) is 5.75 Å². The summed E-state index contributed by atoms with van der Waals surface area (Å²) in [5.74, 6) is 0.193. The molecule has 40 heavy (non-hydrogen) atoms. The summed E-state index contributed by atoms with van der Waals surface area (Å²) < 4.78 is 47.0. The molecular weight excluding hydrogens is 523 g/mol. The van der Waals surface area contributed by atoms with Crippen molar-refractivity contribution in [1.82, 2.24) is 19.4 Å². The zero-order valence-electron chi connectivity index (χ0n) is 22.6. The van der Waals surface area contributed by atoms with Crippen molar-refractivity contribution in [2.45, 2.75) is 6.30 Å². The van der Waals surface area contributed by atoms with Crippen LogP contribution in [0.1, 0.15) is 0 Å². The number of benzene rings is 2. The number of likely N-dealkylation sites (N-methyl/N-ethyl adjacent to an activating group) is 2. The first-order chi connectivity index (χ1) is 19.0. The third-order valence-electron chi connectivity index (χ3n) is 6.22. The number of aromatic nitrogens is 3. The molecule has 2 N–H and O–H groups in total. The number of amides is 1. The Morgan fingerprint density at radius 3 is 2.55 bits per heavy atom. The summed E-state index contributed by atoms with van der Waals surface area (Å²) >= 11 is 0. The molecule has 0 radical (unpaired) electrons. The number of fused-ring (bicyclic) bond motifs is 1. The second-order valence-corrected chi connectivity index (χ2v) is 9.28. The molecule has 12 heteroatoms. The van der Waals surface area contributed by atoms with E-state index in [1.807, 2.05) is 30.9 Å². The summed E-state index contributed by atoms with van der Waals surface area (Å²) in [5.41, 5.74) is 2.30. The molecule has 0 bridgehead atoms. The van der Waals surface area contributed by atoms with Crippen LogP contribution in [-0.4, -0.2) is 66.7 Å². The highest BCUT2D eigenvalue weighted by Crippen LogP contribution is 2.39. The van der Waals surface area contributed by atoms with Gasteiger partial charge in [-0.05, 0) is 38.4 Å². The second-order valence-electron chi connectivity index (χ2n) is 9.28. The quantitative estimate of drug-likeness (QED) is 0.253. The topological polar surface area (TPSA) is 87.5 Å². The molecule has 0 saturated carbocycles. The number of para-hydroxylation sites is 1. The minimum Gasteiger partial charge on any atom is -0.494 e. The summed E-state index contributed by atoms with van der Waals surface area (Å²) in [6, 6.07) is 11.3. The first-order valence-electron chi connectivity index (χ1n) is 12.3. The molecule has 0 spiro atoms. The van der Waals surface area contributed by atoms with Crippen molar-refractivity contribution < 1.29 is 22.7 Å². The van der Waals surface area contributed by atoms with Crippen molar-refractivity contribution in [2.75, 3.05) is 56.9 Å². The van der Waals surface area contributed by atoms with Gasteiger partial charge in [-0.2, -0.15) is 0 Å². The number of methoxy groups -OCH3 is 1. The lowest BCUT2D eigenvalue weighted by Gasteiger charge is -2.26. The van der Waals surface area contributed by atoms with Crippen LogP contribution in [0.2, 0.25) is 0 Å². The van der Waals surface area contributed by atoms with Gasteiger partial charge in [0, 0.05) is 49.5 Å². The van der Waals surface area contributed by atoms with E-state index < -0.39 is 12.2 Å². The Hall–Kier alpha value is -4.58. The predicted molar refractivity (Wildman–Crippen MR) is 151 cm³/mol. The standard InChI is InChI=1S/C28H30F3N7O2/c1-6-26(39)33-21-15-22(25(40-5)16-24(21)37(4)14-13-36(2)3)35-27-32-12-11-20(34-27)19-17-38(28(29,30)31)23-10-8-7-9-18(19)23/h6-12,15-17H,1,13-14H2,2-5H3,(H,33,39)(H,32,34,35). The molecule has 0 aliphatic heterocycles. The number of alkyl halides is 3.